The largest absolute Gasteiger partial charge is 0.477 e. The third-order valence-electron chi connectivity index (χ3n) is 3.45. The van der Waals surface area contributed by atoms with Crippen molar-refractivity contribution in [2.45, 2.75) is 13.0 Å². The van der Waals surface area contributed by atoms with Crippen molar-refractivity contribution in [2.75, 3.05) is 5.32 Å². The van der Waals surface area contributed by atoms with Crippen LogP contribution in [0.5, 0.6) is 0 Å². The molecule has 6 nitrogen and oxygen atoms in total. The van der Waals surface area contributed by atoms with Crippen LogP contribution in [0.4, 0.5) is 19.0 Å². The van der Waals surface area contributed by atoms with E-state index in [0.29, 0.717) is 6.07 Å². The Hall–Kier alpha value is -3.10. The van der Waals surface area contributed by atoms with E-state index in [1.165, 1.54) is 23.7 Å². The summed E-state index contributed by atoms with van der Waals surface area (Å²) in [6.07, 6.45) is 2.62. The Morgan fingerprint density at radius 3 is 2.79 bits per heavy atom. The molecule has 2 N–H and O–H groups in total. The van der Waals surface area contributed by atoms with Gasteiger partial charge in [0.15, 0.2) is 17.3 Å². The minimum absolute atomic E-state index is 0.0885. The summed E-state index contributed by atoms with van der Waals surface area (Å²) in [5.41, 5.74) is -0.221. The predicted molar refractivity (Wildman–Crippen MR) is 78.3 cm³/mol. The Kier molecular flexibility index (Phi) is 3.84. The van der Waals surface area contributed by atoms with Gasteiger partial charge in [-0.2, -0.15) is 5.10 Å². The van der Waals surface area contributed by atoms with Crippen LogP contribution in [0.25, 0.3) is 5.65 Å². The molecule has 3 rings (SSSR count). The first-order valence-electron chi connectivity index (χ1n) is 6.85. The highest BCUT2D eigenvalue weighted by atomic mass is 19.2. The molecule has 24 heavy (non-hydrogen) atoms. The number of benzene rings is 1. The molecular formula is C15H11F3N4O2. The van der Waals surface area contributed by atoms with Crippen molar-refractivity contribution < 1.29 is 23.1 Å². The van der Waals surface area contributed by atoms with Crippen LogP contribution in [0, 0.1) is 17.5 Å². The molecule has 9 heteroatoms. The second kappa shape index (κ2) is 5.84. The van der Waals surface area contributed by atoms with Crippen molar-refractivity contribution in [3.8, 4) is 0 Å². The minimum Gasteiger partial charge on any atom is -0.477 e. The molecule has 3 aromatic rings. The molecule has 1 atom stereocenters. The first-order valence-corrected chi connectivity index (χ1v) is 6.85. The van der Waals surface area contributed by atoms with Gasteiger partial charge in [-0.1, -0.05) is 0 Å². The third-order valence-corrected chi connectivity index (χ3v) is 3.45. The van der Waals surface area contributed by atoms with E-state index in [9.17, 15) is 18.0 Å². The summed E-state index contributed by atoms with van der Waals surface area (Å²) in [6, 6.07) is 2.02. The first kappa shape index (κ1) is 15.8. The zero-order chi connectivity index (χ0) is 17.4. The number of aromatic carboxylic acids is 1. The molecule has 0 amide bonds. The molecule has 124 valence electrons. The molecular weight excluding hydrogens is 325 g/mol. The summed E-state index contributed by atoms with van der Waals surface area (Å²) in [4.78, 5) is 15.2. The van der Waals surface area contributed by atoms with Gasteiger partial charge in [0.05, 0.1) is 12.2 Å². The maximum absolute atomic E-state index is 13.8. The molecule has 2 aromatic heterocycles. The highest BCUT2D eigenvalue weighted by molar-refractivity contribution is 5.94. The summed E-state index contributed by atoms with van der Waals surface area (Å²) in [7, 11) is 0. The Balaban J connectivity index is 1.95. The second-order valence-corrected chi connectivity index (χ2v) is 5.10. The Bertz CT molecular complexity index is 942. The fourth-order valence-electron chi connectivity index (χ4n) is 2.29. The Morgan fingerprint density at radius 1 is 1.33 bits per heavy atom. The number of anilines is 1. The summed E-state index contributed by atoms with van der Waals surface area (Å²) < 4.78 is 41.7. The van der Waals surface area contributed by atoms with Gasteiger partial charge in [-0.25, -0.2) is 27.5 Å². The SMILES string of the molecule is C[C@@H](Nc1ccn2ncc(C(=O)O)c2n1)c1cc(F)cc(F)c1F. The van der Waals surface area contributed by atoms with Crippen molar-refractivity contribution >= 4 is 17.4 Å². The number of carboxylic acids is 1. The van der Waals surface area contributed by atoms with Gasteiger partial charge in [0.2, 0.25) is 0 Å². The van der Waals surface area contributed by atoms with Crippen molar-refractivity contribution in [3.05, 3.63) is 59.2 Å². The number of aromatic nitrogens is 3. The number of rotatable bonds is 4. The van der Waals surface area contributed by atoms with Crippen LogP contribution in [-0.4, -0.2) is 25.7 Å². The molecule has 0 fully saturated rings. The predicted octanol–water partition coefficient (Wildman–Crippen LogP) is 3.02. The lowest BCUT2D eigenvalue weighted by atomic mass is 10.1. The van der Waals surface area contributed by atoms with Crippen LogP contribution in [-0.2, 0) is 0 Å². The van der Waals surface area contributed by atoms with Gasteiger partial charge in [-0.15, -0.1) is 0 Å². The topological polar surface area (TPSA) is 79.5 Å². The summed E-state index contributed by atoms with van der Waals surface area (Å²) in [6.45, 7) is 1.50. The van der Waals surface area contributed by atoms with Crippen molar-refractivity contribution in [2.24, 2.45) is 0 Å². The van der Waals surface area contributed by atoms with Crippen molar-refractivity contribution in [3.63, 3.8) is 0 Å². The number of hydrogen-bond acceptors (Lipinski definition) is 4. The lowest BCUT2D eigenvalue weighted by Crippen LogP contribution is -2.12. The monoisotopic (exact) mass is 336 g/mol. The van der Waals surface area contributed by atoms with E-state index in [2.05, 4.69) is 15.4 Å². The van der Waals surface area contributed by atoms with Crippen LogP contribution >= 0.6 is 0 Å². The smallest absolute Gasteiger partial charge is 0.341 e. The maximum atomic E-state index is 13.8. The van der Waals surface area contributed by atoms with E-state index in [-0.39, 0.29) is 22.6 Å². The summed E-state index contributed by atoms with van der Waals surface area (Å²) in [5, 5.41) is 15.7. The molecule has 0 bridgehead atoms. The number of carboxylic acid groups (broad SMARTS) is 1. The highest BCUT2D eigenvalue weighted by Crippen LogP contribution is 2.24. The first-order chi connectivity index (χ1) is 11.4. The zero-order valence-electron chi connectivity index (χ0n) is 12.3. The van der Waals surface area contributed by atoms with E-state index >= 15 is 0 Å². The highest BCUT2D eigenvalue weighted by Gasteiger charge is 2.18. The van der Waals surface area contributed by atoms with Gasteiger partial charge in [0.1, 0.15) is 17.2 Å². The summed E-state index contributed by atoms with van der Waals surface area (Å²) >= 11 is 0. The molecule has 0 aliphatic rings. The molecule has 0 saturated heterocycles. The van der Waals surface area contributed by atoms with E-state index in [1.54, 1.807) is 0 Å². The van der Waals surface area contributed by atoms with Crippen LogP contribution in [0.15, 0.2) is 30.6 Å². The second-order valence-electron chi connectivity index (χ2n) is 5.10. The average molecular weight is 336 g/mol. The normalized spacial score (nSPS) is 12.3. The summed E-state index contributed by atoms with van der Waals surface area (Å²) in [5.74, 6) is -4.33. The number of hydrogen-bond donors (Lipinski definition) is 2. The van der Waals surface area contributed by atoms with Crippen LogP contribution in [0.1, 0.15) is 28.9 Å². The lowest BCUT2D eigenvalue weighted by Gasteiger charge is -2.16. The van der Waals surface area contributed by atoms with E-state index in [1.807, 2.05) is 0 Å². The molecule has 0 unspecified atom stereocenters. The van der Waals surface area contributed by atoms with Gasteiger partial charge in [0, 0.05) is 17.8 Å². The average Bonchev–Trinajstić information content (AvgIpc) is 2.94. The number of fused-ring (bicyclic) bond motifs is 1. The number of nitrogens with zero attached hydrogens (tertiary/aromatic N) is 3. The van der Waals surface area contributed by atoms with Crippen molar-refractivity contribution in [1.82, 2.24) is 14.6 Å². The van der Waals surface area contributed by atoms with Gasteiger partial charge in [0.25, 0.3) is 0 Å². The van der Waals surface area contributed by atoms with Gasteiger partial charge < -0.3 is 10.4 Å². The van der Waals surface area contributed by atoms with E-state index in [4.69, 9.17) is 5.11 Å². The fourth-order valence-corrected chi connectivity index (χ4v) is 2.29. The molecule has 1 aromatic carbocycles. The molecule has 0 spiro atoms. The number of carbonyl (C=O) groups is 1. The Morgan fingerprint density at radius 2 is 2.08 bits per heavy atom. The standard InChI is InChI=1S/C15H11F3N4O2/c1-7(9-4-8(16)5-11(17)13(9)18)20-12-2-3-22-14(21-12)10(6-19-22)15(23)24/h2-7H,1H3,(H,20,21)(H,23,24)/t7-/m1/s1. The van der Waals surface area contributed by atoms with Crippen molar-refractivity contribution in [1.29, 1.82) is 0 Å². The molecule has 0 aliphatic carbocycles. The minimum atomic E-state index is -1.29. The maximum Gasteiger partial charge on any atom is 0.341 e. The molecule has 0 aliphatic heterocycles. The Labute approximate surface area is 133 Å². The molecule has 2 heterocycles. The number of nitrogens with one attached hydrogen (secondary N) is 1. The fraction of sp³-hybridized carbons (Fsp3) is 0.133. The lowest BCUT2D eigenvalue weighted by molar-refractivity contribution is 0.0698. The van der Waals surface area contributed by atoms with Crippen LogP contribution in [0.2, 0.25) is 0 Å². The quantitative estimate of drug-likeness (QED) is 0.716. The third kappa shape index (κ3) is 2.75. The van der Waals surface area contributed by atoms with E-state index < -0.39 is 29.5 Å². The van der Waals surface area contributed by atoms with E-state index in [0.717, 1.165) is 12.3 Å². The van der Waals surface area contributed by atoms with Crippen LogP contribution in [0.3, 0.4) is 0 Å². The number of halogens is 3. The van der Waals surface area contributed by atoms with Crippen LogP contribution < -0.4 is 5.32 Å². The molecule has 0 radical (unpaired) electrons. The van der Waals surface area contributed by atoms with Gasteiger partial charge >= 0.3 is 5.97 Å². The van der Waals surface area contributed by atoms with Gasteiger partial charge in [-0.3, -0.25) is 0 Å². The van der Waals surface area contributed by atoms with Gasteiger partial charge in [-0.05, 0) is 19.1 Å². The zero-order valence-corrected chi connectivity index (χ0v) is 12.3. The molecule has 0 saturated carbocycles.